The van der Waals surface area contributed by atoms with E-state index in [1.807, 2.05) is 38.1 Å². The van der Waals surface area contributed by atoms with Gasteiger partial charge in [0.2, 0.25) is 0 Å². The van der Waals surface area contributed by atoms with Crippen LogP contribution in [0.4, 0.5) is 17.1 Å². The van der Waals surface area contributed by atoms with Crippen molar-refractivity contribution >= 4 is 17.1 Å². The lowest BCUT2D eigenvalue weighted by molar-refractivity contribution is -0.384. The largest absolute Gasteiger partial charge is 0.399 e. The summed E-state index contributed by atoms with van der Waals surface area (Å²) in [5.41, 5.74) is 9.34. The maximum absolute atomic E-state index is 10.7. The Morgan fingerprint density at radius 2 is 1.85 bits per heavy atom. The number of nitrogen functional groups attached to an aromatic ring is 1. The first-order chi connectivity index (χ1) is 9.47. The van der Waals surface area contributed by atoms with Gasteiger partial charge in [-0.05, 0) is 43.2 Å². The maximum atomic E-state index is 10.7. The lowest BCUT2D eigenvalue weighted by Gasteiger charge is -2.17. The summed E-state index contributed by atoms with van der Waals surface area (Å²) in [7, 11) is 0. The molecule has 0 heterocycles. The number of nitrogens with zero attached hydrogens (tertiary/aromatic N) is 1. The van der Waals surface area contributed by atoms with Crippen molar-refractivity contribution in [1.82, 2.24) is 0 Å². The molecule has 0 amide bonds. The number of hydrogen-bond acceptors (Lipinski definition) is 4. The summed E-state index contributed by atoms with van der Waals surface area (Å²) >= 11 is 0. The van der Waals surface area contributed by atoms with Gasteiger partial charge in [0.1, 0.15) is 0 Å². The number of aryl methyl sites for hydroxylation is 1. The number of non-ortho nitro benzene ring substituents is 1. The second-order valence-corrected chi connectivity index (χ2v) is 4.79. The van der Waals surface area contributed by atoms with Crippen molar-refractivity contribution in [2.45, 2.75) is 19.9 Å². The molecule has 2 rings (SSSR count). The third kappa shape index (κ3) is 3.06. The highest BCUT2D eigenvalue weighted by Gasteiger charge is 2.10. The molecule has 0 saturated carbocycles. The number of nitro groups is 1. The lowest BCUT2D eigenvalue weighted by atomic mass is 10.1. The summed E-state index contributed by atoms with van der Waals surface area (Å²) in [6, 6.07) is 12.5. The van der Waals surface area contributed by atoms with Gasteiger partial charge < -0.3 is 11.1 Å². The highest BCUT2D eigenvalue weighted by Crippen LogP contribution is 2.25. The van der Waals surface area contributed by atoms with Gasteiger partial charge in [-0.15, -0.1) is 0 Å². The van der Waals surface area contributed by atoms with E-state index in [4.69, 9.17) is 5.73 Å². The highest BCUT2D eigenvalue weighted by molar-refractivity contribution is 5.56. The Balaban J connectivity index is 2.17. The average molecular weight is 271 g/mol. The molecule has 0 fully saturated rings. The van der Waals surface area contributed by atoms with Crippen molar-refractivity contribution in [2.24, 2.45) is 0 Å². The van der Waals surface area contributed by atoms with E-state index in [0.717, 1.165) is 22.5 Å². The number of rotatable bonds is 4. The average Bonchev–Trinajstić information content (AvgIpc) is 2.41. The van der Waals surface area contributed by atoms with Crippen LogP contribution in [0.2, 0.25) is 0 Å². The molecular weight excluding hydrogens is 254 g/mol. The molecule has 3 N–H and O–H groups in total. The first kappa shape index (κ1) is 13.9. The Bertz CT molecular complexity index is 624. The topological polar surface area (TPSA) is 81.2 Å². The minimum atomic E-state index is -0.389. The summed E-state index contributed by atoms with van der Waals surface area (Å²) in [5.74, 6) is 0. The third-order valence-corrected chi connectivity index (χ3v) is 3.23. The van der Waals surface area contributed by atoms with Crippen LogP contribution in [-0.4, -0.2) is 4.92 Å². The van der Waals surface area contributed by atoms with E-state index in [1.165, 1.54) is 6.07 Å². The third-order valence-electron chi connectivity index (χ3n) is 3.23. The van der Waals surface area contributed by atoms with Crippen molar-refractivity contribution in [3.8, 4) is 0 Å². The van der Waals surface area contributed by atoms with Crippen LogP contribution in [0.15, 0.2) is 42.5 Å². The van der Waals surface area contributed by atoms with Gasteiger partial charge in [-0.2, -0.15) is 0 Å². The van der Waals surface area contributed by atoms with Crippen molar-refractivity contribution in [1.29, 1.82) is 0 Å². The maximum Gasteiger partial charge on any atom is 0.269 e. The SMILES string of the molecule is Cc1cc([N+](=O)[O-])ccc1NC(C)c1ccc(N)cc1. The summed E-state index contributed by atoms with van der Waals surface area (Å²) in [4.78, 5) is 10.3. The van der Waals surface area contributed by atoms with Gasteiger partial charge in [0.15, 0.2) is 0 Å². The predicted octanol–water partition coefficient (Wildman–Crippen LogP) is 3.66. The molecule has 0 radical (unpaired) electrons. The van der Waals surface area contributed by atoms with E-state index >= 15 is 0 Å². The molecule has 1 atom stereocenters. The van der Waals surface area contributed by atoms with Crippen LogP contribution >= 0.6 is 0 Å². The fourth-order valence-electron chi connectivity index (χ4n) is 2.02. The number of anilines is 2. The summed E-state index contributed by atoms with van der Waals surface area (Å²) in [6.07, 6.45) is 0. The van der Waals surface area contributed by atoms with E-state index in [1.54, 1.807) is 12.1 Å². The Morgan fingerprint density at radius 1 is 1.20 bits per heavy atom. The van der Waals surface area contributed by atoms with Gasteiger partial charge in [-0.25, -0.2) is 0 Å². The molecule has 0 aromatic heterocycles. The molecule has 20 heavy (non-hydrogen) atoms. The Kier molecular flexibility index (Phi) is 3.89. The number of hydrogen-bond donors (Lipinski definition) is 2. The molecule has 0 bridgehead atoms. The van der Waals surface area contributed by atoms with Crippen LogP contribution in [-0.2, 0) is 0 Å². The van der Waals surface area contributed by atoms with E-state index in [2.05, 4.69) is 5.32 Å². The van der Waals surface area contributed by atoms with Gasteiger partial charge >= 0.3 is 0 Å². The van der Waals surface area contributed by atoms with Gasteiger partial charge in [-0.1, -0.05) is 12.1 Å². The second-order valence-electron chi connectivity index (χ2n) is 4.79. The van der Waals surface area contributed by atoms with Crippen molar-refractivity contribution in [2.75, 3.05) is 11.1 Å². The zero-order valence-electron chi connectivity index (χ0n) is 11.5. The van der Waals surface area contributed by atoms with Crippen LogP contribution < -0.4 is 11.1 Å². The fourth-order valence-corrected chi connectivity index (χ4v) is 2.02. The molecule has 0 saturated heterocycles. The standard InChI is InChI=1S/C15H17N3O2/c1-10-9-14(18(19)20)7-8-15(10)17-11(2)12-3-5-13(16)6-4-12/h3-9,11,17H,16H2,1-2H3. The van der Waals surface area contributed by atoms with Crippen molar-refractivity contribution < 1.29 is 4.92 Å². The summed E-state index contributed by atoms with van der Waals surface area (Å²) in [5, 5.41) is 14.1. The minimum absolute atomic E-state index is 0.0933. The Hall–Kier alpha value is -2.56. The Morgan fingerprint density at radius 3 is 2.40 bits per heavy atom. The minimum Gasteiger partial charge on any atom is -0.399 e. The van der Waals surface area contributed by atoms with E-state index in [9.17, 15) is 10.1 Å². The molecule has 0 aliphatic rings. The summed E-state index contributed by atoms with van der Waals surface area (Å²) in [6.45, 7) is 3.89. The quantitative estimate of drug-likeness (QED) is 0.505. The van der Waals surface area contributed by atoms with Crippen molar-refractivity contribution in [3.63, 3.8) is 0 Å². The number of benzene rings is 2. The van der Waals surface area contributed by atoms with E-state index < -0.39 is 0 Å². The molecule has 1 unspecified atom stereocenters. The first-order valence-electron chi connectivity index (χ1n) is 6.34. The van der Waals surface area contributed by atoms with E-state index in [0.29, 0.717) is 0 Å². The smallest absolute Gasteiger partial charge is 0.269 e. The number of nitro benzene ring substituents is 1. The van der Waals surface area contributed by atoms with Gasteiger partial charge in [0.05, 0.1) is 4.92 Å². The van der Waals surface area contributed by atoms with Crippen molar-refractivity contribution in [3.05, 3.63) is 63.7 Å². The van der Waals surface area contributed by atoms with Crippen LogP contribution in [0.3, 0.4) is 0 Å². The van der Waals surface area contributed by atoms with Crippen LogP contribution in [0, 0.1) is 17.0 Å². The molecule has 0 spiro atoms. The second kappa shape index (κ2) is 5.61. The van der Waals surface area contributed by atoms with Gasteiger partial charge in [0, 0.05) is 29.5 Å². The molecule has 2 aromatic carbocycles. The number of nitrogens with one attached hydrogen (secondary N) is 1. The van der Waals surface area contributed by atoms with E-state index in [-0.39, 0.29) is 16.7 Å². The Labute approximate surface area is 117 Å². The lowest BCUT2D eigenvalue weighted by Crippen LogP contribution is -2.08. The van der Waals surface area contributed by atoms with Crippen LogP contribution in [0.25, 0.3) is 0 Å². The summed E-state index contributed by atoms with van der Waals surface area (Å²) < 4.78 is 0. The zero-order valence-corrected chi connectivity index (χ0v) is 11.5. The van der Waals surface area contributed by atoms with Crippen LogP contribution in [0.5, 0.6) is 0 Å². The molecule has 0 aliphatic heterocycles. The number of nitrogens with two attached hydrogens (primary N) is 1. The molecular formula is C15H17N3O2. The molecule has 0 aliphatic carbocycles. The molecule has 104 valence electrons. The predicted molar refractivity (Wildman–Crippen MR) is 80.7 cm³/mol. The molecule has 5 heteroatoms. The monoisotopic (exact) mass is 271 g/mol. The van der Waals surface area contributed by atoms with Gasteiger partial charge in [-0.3, -0.25) is 10.1 Å². The fraction of sp³-hybridized carbons (Fsp3) is 0.200. The van der Waals surface area contributed by atoms with Crippen LogP contribution in [0.1, 0.15) is 24.1 Å². The van der Waals surface area contributed by atoms with Gasteiger partial charge in [0.25, 0.3) is 5.69 Å². The zero-order chi connectivity index (χ0) is 14.7. The molecule has 2 aromatic rings. The normalized spacial score (nSPS) is 11.9. The highest BCUT2D eigenvalue weighted by atomic mass is 16.6. The first-order valence-corrected chi connectivity index (χ1v) is 6.34. The molecule has 5 nitrogen and oxygen atoms in total.